The lowest BCUT2D eigenvalue weighted by Gasteiger charge is -2.12. The van der Waals surface area contributed by atoms with Crippen LogP contribution in [0.5, 0.6) is 0 Å². The molecule has 1 aromatic heterocycles. The number of carbonyl (C=O) groups excluding carboxylic acids is 1. The normalized spacial score (nSPS) is 18.8. The zero-order valence-electron chi connectivity index (χ0n) is 11.4. The highest BCUT2D eigenvalue weighted by molar-refractivity contribution is 7.99. The van der Waals surface area contributed by atoms with Crippen LogP contribution in [0.2, 0.25) is 0 Å². The molecule has 0 aliphatic carbocycles. The fourth-order valence-electron chi connectivity index (χ4n) is 1.96. The average molecular weight is 280 g/mol. The molecule has 4 nitrogen and oxygen atoms in total. The van der Waals surface area contributed by atoms with Crippen molar-refractivity contribution in [1.82, 2.24) is 10.3 Å². The SMILES string of the molecule is CC(C)Sc1ncccc1C(=O)NC[C@H]1CCOC1. The van der Waals surface area contributed by atoms with Gasteiger partial charge in [-0.25, -0.2) is 4.98 Å². The monoisotopic (exact) mass is 280 g/mol. The molecule has 1 amide bonds. The second-order valence-corrected chi connectivity index (χ2v) is 6.53. The second-order valence-electron chi connectivity index (χ2n) is 4.96. The van der Waals surface area contributed by atoms with E-state index in [1.165, 1.54) is 0 Å². The molecule has 5 heteroatoms. The molecule has 1 aliphatic heterocycles. The molecular formula is C14H20N2O2S. The van der Waals surface area contributed by atoms with Gasteiger partial charge in [-0.2, -0.15) is 0 Å². The van der Waals surface area contributed by atoms with Gasteiger partial charge in [0.05, 0.1) is 12.2 Å². The zero-order chi connectivity index (χ0) is 13.7. The molecule has 2 heterocycles. The number of hydrogen-bond donors (Lipinski definition) is 1. The first-order chi connectivity index (χ1) is 9.16. The number of aromatic nitrogens is 1. The summed E-state index contributed by atoms with van der Waals surface area (Å²) in [7, 11) is 0. The summed E-state index contributed by atoms with van der Waals surface area (Å²) >= 11 is 1.61. The lowest BCUT2D eigenvalue weighted by atomic mass is 10.1. The first kappa shape index (κ1) is 14.3. The van der Waals surface area contributed by atoms with E-state index >= 15 is 0 Å². The van der Waals surface area contributed by atoms with Crippen LogP contribution in [0.15, 0.2) is 23.4 Å². The van der Waals surface area contributed by atoms with Crippen LogP contribution in [-0.4, -0.2) is 35.9 Å². The minimum Gasteiger partial charge on any atom is -0.381 e. The fraction of sp³-hybridized carbons (Fsp3) is 0.571. The van der Waals surface area contributed by atoms with Gasteiger partial charge in [-0.3, -0.25) is 4.79 Å². The third kappa shape index (κ3) is 4.21. The molecule has 0 aromatic carbocycles. The maximum Gasteiger partial charge on any atom is 0.254 e. The van der Waals surface area contributed by atoms with Gasteiger partial charge < -0.3 is 10.1 Å². The van der Waals surface area contributed by atoms with Crippen LogP contribution in [0.3, 0.4) is 0 Å². The third-order valence-electron chi connectivity index (χ3n) is 2.94. The van der Waals surface area contributed by atoms with Crippen LogP contribution in [0, 0.1) is 5.92 Å². The van der Waals surface area contributed by atoms with Crippen LogP contribution in [0.25, 0.3) is 0 Å². The van der Waals surface area contributed by atoms with E-state index in [0.29, 0.717) is 23.3 Å². The predicted octanol–water partition coefficient (Wildman–Crippen LogP) is 2.35. The van der Waals surface area contributed by atoms with E-state index in [9.17, 15) is 4.79 Å². The maximum atomic E-state index is 12.2. The number of carbonyl (C=O) groups is 1. The predicted molar refractivity (Wildman–Crippen MR) is 76.5 cm³/mol. The summed E-state index contributed by atoms with van der Waals surface area (Å²) in [6.07, 6.45) is 2.76. The van der Waals surface area contributed by atoms with Gasteiger partial charge in [0.15, 0.2) is 0 Å². The summed E-state index contributed by atoms with van der Waals surface area (Å²) in [4.78, 5) is 16.5. The summed E-state index contributed by atoms with van der Waals surface area (Å²) in [6.45, 7) is 6.43. The number of pyridine rings is 1. The van der Waals surface area contributed by atoms with Crippen molar-refractivity contribution in [3.05, 3.63) is 23.9 Å². The Morgan fingerprint density at radius 2 is 2.47 bits per heavy atom. The number of nitrogens with zero attached hydrogens (tertiary/aromatic N) is 1. The lowest BCUT2D eigenvalue weighted by molar-refractivity contribution is 0.0941. The molecule has 0 bridgehead atoms. The molecule has 104 valence electrons. The van der Waals surface area contributed by atoms with Crippen LogP contribution in [-0.2, 0) is 4.74 Å². The van der Waals surface area contributed by atoms with E-state index in [-0.39, 0.29) is 5.91 Å². The van der Waals surface area contributed by atoms with Crippen molar-refractivity contribution < 1.29 is 9.53 Å². The number of hydrogen-bond acceptors (Lipinski definition) is 4. The molecule has 2 rings (SSSR count). The Bertz CT molecular complexity index is 431. The Labute approximate surface area is 118 Å². The number of nitrogens with one attached hydrogen (secondary N) is 1. The van der Waals surface area contributed by atoms with Crippen molar-refractivity contribution in [3.8, 4) is 0 Å². The van der Waals surface area contributed by atoms with E-state index in [1.807, 2.05) is 6.07 Å². The topological polar surface area (TPSA) is 51.2 Å². The van der Waals surface area contributed by atoms with Crippen molar-refractivity contribution >= 4 is 17.7 Å². The van der Waals surface area contributed by atoms with Gasteiger partial charge >= 0.3 is 0 Å². The molecule has 0 saturated carbocycles. The van der Waals surface area contributed by atoms with E-state index in [0.717, 1.165) is 24.7 Å². The smallest absolute Gasteiger partial charge is 0.254 e. The van der Waals surface area contributed by atoms with Gasteiger partial charge in [-0.1, -0.05) is 13.8 Å². The Balaban J connectivity index is 1.97. The summed E-state index contributed by atoms with van der Waals surface area (Å²) in [5, 5.41) is 4.19. The number of thioether (sulfide) groups is 1. The van der Waals surface area contributed by atoms with Crippen molar-refractivity contribution in [1.29, 1.82) is 0 Å². The highest BCUT2D eigenvalue weighted by Crippen LogP contribution is 2.24. The molecule has 19 heavy (non-hydrogen) atoms. The Morgan fingerprint density at radius 1 is 1.63 bits per heavy atom. The van der Waals surface area contributed by atoms with Crippen molar-refractivity contribution in [2.75, 3.05) is 19.8 Å². The number of ether oxygens (including phenoxy) is 1. The van der Waals surface area contributed by atoms with Gasteiger partial charge in [0.1, 0.15) is 5.03 Å². The maximum absolute atomic E-state index is 12.2. The van der Waals surface area contributed by atoms with E-state index < -0.39 is 0 Å². The molecule has 1 fully saturated rings. The van der Waals surface area contributed by atoms with Gasteiger partial charge in [-0.05, 0) is 18.6 Å². The molecule has 1 N–H and O–H groups in total. The average Bonchev–Trinajstić information content (AvgIpc) is 2.89. The quantitative estimate of drug-likeness (QED) is 0.841. The van der Waals surface area contributed by atoms with Gasteiger partial charge in [0, 0.05) is 30.5 Å². The van der Waals surface area contributed by atoms with Crippen LogP contribution < -0.4 is 5.32 Å². The van der Waals surface area contributed by atoms with E-state index in [4.69, 9.17) is 4.74 Å². The fourth-order valence-corrected chi connectivity index (χ4v) is 2.81. The largest absolute Gasteiger partial charge is 0.381 e. The van der Waals surface area contributed by atoms with Gasteiger partial charge in [0.25, 0.3) is 5.91 Å². The van der Waals surface area contributed by atoms with Crippen molar-refractivity contribution in [2.24, 2.45) is 5.92 Å². The Kier molecular flexibility index (Phi) is 5.22. The first-order valence-corrected chi connectivity index (χ1v) is 7.52. The Hall–Kier alpha value is -1.07. The Morgan fingerprint density at radius 3 is 3.16 bits per heavy atom. The van der Waals surface area contributed by atoms with Crippen LogP contribution >= 0.6 is 11.8 Å². The van der Waals surface area contributed by atoms with Crippen LogP contribution in [0.1, 0.15) is 30.6 Å². The minimum absolute atomic E-state index is 0.0387. The van der Waals surface area contributed by atoms with E-state index in [1.54, 1.807) is 24.0 Å². The van der Waals surface area contributed by atoms with Crippen molar-refractivity contribution in [2.45, 2.75) is 30.5 Å². The second kappa shape index (κ2) is 6.91. The molecule has 1 aliphatic rings. The summed E-state index contributed by atoms with van der Waals surface area (Å²) in [5.74, 6) is 0.407. The third-order valence-corrected chi connectivity index (χ3v) is 3.96. The zero-order valence-corrected chi connectivity index (χ0v) is 12.2. The summed E-state index contributed by atoms with van der Waals surface area (Å²) in [5.41, 5.74) is 0.667. The summed E-state index contributed by atoms with van der Waals surface area (Å²) in [6, 6.07) is 3.64. The molecule has 0 unspecified atom stereocenters. The number of amides is 1. The minimum atomic E-state index is -0.0387. The molecule has 1 atom stereocenters. The molecule has 0 spiro atoms. The highest BCUT2D eigenvalue weighted by Gasteiger charge is 2.18. The number of rotatable bonds is 5. The van der Waals surface area contributed by atoms with Gasteiger partial charge in [-0.15, -0.1) is 11.8 Å². The summed E-state index contributed by atoms with van der Waals surface area (Å²) < 4.78 is 5.30. The highest BCUT2D eigenvalue weighted by atomic mass is 32.2. The molecule has 1 aromatic rings. The van der Waals surface area contributed by atoms with Gasteiger partial charge in [0.2, 0.25) is 0 Å². The molecular weight excluding hydrogens is 260 g/mol. The van der Waals surface area contributed by atoms with Crippen LogP contribution in [0.4, 0.5) is 0 Å². The first-order valence-electron chi connectivity index (χ1n) is 6.64. The molecule has 0 radical (unpaired) electrons. The van der Waals surface area contributed by atoms with E-state index in [2.05, 4.69) is 24.1 Å². The molecule has 1 saturated heterocycles. The van der Waals surface area contributed by atoms with Crippen molar-refractivity contribution in [3.63, 3.8) is 0 Å². The standard InChI is InChI=1S/C14H20N2O2S/c1-10(2)19-14-12(4-3-6-15-14)13(17)16-8-11-5-7-18-9-11/h3-4,6,10-11H,5,7-9H2,1-2H3,(H,16,17)/t11-/m1/s1. The lowest BCUT2D eigenvalue weighted by Crippen LogP contribution is -2.30.